The van der Waals surface area contributed by atoms with Gasteiger partial charge in [-0.1, -0.05) is 12.8 Å². The van der Waals surface area contributed by atoms with E-state index in [4.69, 9.17) is 10.9 Å². The fourth-order valence-electron chi connectivity index (χ4n) is 3.71. The molecule has 2 heterocycles. The predicted molar refractivity (Wildman–Crippen MR) is 89.2 cm³/mol. The van der Waals surface area contributed by atoms with Crippen LogP contribution in [0.2, 0.25) is 0 Å². The summed E-state index contributed by atoms with van der Waals surface area (Å²) < 4.78 is 2.19. The van der Waals surface area contributed by atoms with Crippen molar-refractivity contribution >= 4 is 11.8 Å². The van der Waals surface area contributed by atoms with Crippen molar-refractivity contribution < 1.29 is 0 Å². The van der Waals surface area contributed by atoms with E-state index in [0.29, 0.717) is 12.1 Å². The zero-order valence-electron chi connectivity index (χ0n) is 12.8. The molecule has 1 aliphatic carbocycles. The smallest absolute Gasteiger partial charge is 0.0640 e. The zero-order valence-corrected chi connectivity index (χ0v) is 13.7. The van der Waals surface area contributed by atoms with Gasteiger partial charge in [-0.05, 0) is 55.6 Å². The number of nitrogens with one attached hydrogen (secondary N) is 1. The molecule has 1 aromatic heterocycles. The Bertz CT molecular complexity index is 422. The van der Waals surface area contributed by atoms with Gasteiger partial charge < -0.3 is 0 Å². The van der Waals surface area contributed by atoms with Gasteiger partial charge in [-0.25, -0.2) is 0 Å². The van der Waals surface area contributed by atoms with E-state index < -0.39 is 0 Å². The van der Waals surface area contributed by atoms with Gasteiger partial charge in [0.1, 0.15) is 0 Å². The van der Waals surface area contributed by atoms with Crippen LogP contribution < -0.4 is 11.3 Å². The van der Waals surface area contributed by atoms with E-state index in [1.165, 1.54) is 62.1 Å². The summed E-state index contributed by atoms with van der Waals surface area (Å²) in [4.78, 5) is 0. The molecule has 5 heteroatoms. The van der Waals surface area contributed by atoms with Crippen molar-refractivity contribution in [3.8, 4) is 0 Å². The number of hydrogen-bond acceptors (Lipinski definition) is 4. The van der Waals surface area contributed by atoms with Crippen molar-refractivity contribution in [2.75, 3.05) is 11.5 Å². The molecule has 1 saturated carbocycles. The molecular formula is C16H28N4S. The molecular weight excluding hydrogens is 280 g/mol. The van der Waals surface area contributed by atoms with Crippen molar-refractivity contribution in [3.05, 3.63) is 18.0 Å². The van der Waals surface area contributed by atoms with Crippen molar-refractivity contribution in [1.29, 1.82) is 0 Å². The van der Waals surface area contributed by atoms with Gasteiger partial charge in [0.2, 0.25) is 0 Å². The molecule has 1 aliphatic heterocycles. The molecule has 1 unspecified atom stereocenters. The third-order valence-electron chi connectivity index (χ3n) is 5.01. The molecule has 118 valence electrons. The number of nitrogens with two attached hydrogens (primary N) is 1. The lowest BCUT2D eigenvalue weighted by Gasteiger charge is -2.25. The summed E-state index contributed by atoms with van der Waals surface area (Å²) >= 11 is 2.09. The van der Waals surface area contributed by atoms with Crippen LogP contribution in [0, 0.1) is 5.92 Å². The first-order chi connectivity index (χ1) is 10.3. The van der Waals surface area contributed by atoms with Gasteiger partial charge >= 0.3 is 0 Å². The molecule has 1 saturated heterocycles. The van der Waals surface area contributed by atoms with E-state index in [1.807, 2.05) is 0 Å². The Morgan fingerprint density at radius 3 is 2.76 bits per heavy atom. The summed E-state index contributed by atoms with van der Waals surface area (Å²) in [6.07, 6.45) is 12.3. The average molecular weight is 308 g/mol. The first-order valence-corrected chi connectivity index (χ1v) is 9.58. The topological polar surface area (TPSA) is 55.9 Å². The first kappa shape index (κ1) is 15.4. The molecule has 4 nitrogen and oxygen atoms in total. The molecule has 1 aromatic rings. The monoisotopic (exact) mass is 308 g/mol. The SMILES string of the molecule is NNC(Cc1ccn(C2CCCC2)n1)CC1CCSCC1. The van der Waals surface area contributed by atoms with Crippen LogP contribution in [-0.2, 0) is 6.42 Å². The van der Waals surface area contributed by atoms with Crippen LogP contribution in [0.4, 0.5) is 0 Å². The molecule has 2 fully saturated rings. The van der Waals surface area contributed by atoms with Gasteiger partial charge in [0.05, 0.1) is 11.7 Å². The minimum atomic E-state index is 0.366. The fourth-order valence-corrected chi connectivity index (χ4v) is 4.91. The summed E-state index contributed by atoms with van der Waals surface area (Å²) in [7, 11) is 0. The van der Waals surface area contributed by atoms with Gasteiger partial charge in [-0.3, -0.25) is 16.0 Å². The molecule has 21 heavy (non-hydrogen) atoms. The van der Waals surface area contributed by atoms with E-state index >= 15 is 0 Å². The molecule has 0 radical (unpaired) electrons. The second-order valence-electron chi connectivity index (χ2n) is 6.58. The van der Waals surface area contributed by atoms with Crippen molar-refractivity contribution in [3.63, 3.8) is 0 Å². The van der Waals surface area contributed by atoms with Crippen LogP contribution in [0.1, 0.15) is 56.7 Å². The maximum atomic E-state index is 5.78. The second kappa shape index (κ2) is 7.65. The molecule has 0 aromatic carbocycles. The van der Waals surface area contributed by atoms with Gasteiger partial charge in [0.15, 0.2) is 0 Å². The molecule has 0 spiro atoms. The van der Waals surface area contributed by atoms with Crippen LogP contribution in [0.15, 0.2) is 12.3 Å². The number of hydrazine groups is 1. The van der Waals surface area contributed by atoms with E-state index in [-0.39, 0.29) is 0 Å². The molecule has 2 aliphatic rings. The Balaban J connectivity index is 1.53. The summed E-state index contributed by atoms with van der Waals surface area (Å²) in [5.41, 5.74) is 4.21. The lowest BCUT2D eigenvalue weighted by atomic mass is 9.92. The first-order valence-electron chi connectivity index (χ1n) is 8.43. The minimum absolute atomic E-state index is 0.366. The predicted octanol–water partition coefficient (Wildman–Crippen LogP) is 2.91. The van der Waals surface area contributed by atoms with E-state index in [9.17, 15) is 0 Å². The number of aromatic nitrogens is 2. The normalized spacial score (nSPS) is 22.7. The Morgan fingerprint density at radius 2 is 2.05 bits per heavy atom. The highest BCUT2D eigenvalue weighted by Gasteiger charge is 2.21. The summed E-state index contributed by atoms with van der Waals surface area (Å²) in [5, 5.41) is 4.79. The van der Waals surface area contributed by atoms with Gasteiger partial charge in [0.25, 0.3) is 0 Å². The van der Waals surface area contributed by atoms with Crippen molar-refractivity contribution in [2.45, 2.75) is 63.5 Å². The molecule has 3 N–H and O–H groups in total. The highest BCUT2D eigenvalue weighted by atomic mass is 32.2. The Morgan fingerprint density at radius 1 is 1.29 bits per heavy atom. The quantitative estimate of drug-likeness (QED) is 0.627. The third kappa shape index (κ3) is 4.24. The number of nitrogens with zero attached hydrogens (tertiary/aromatic N) is 2. The molecule has 3 rings (SSSR count). The van der Waals surface area contributed by atoms with E-state index in [0.717, 1.165) is 12.3 Å². The Kier molecular flexibility index (Phi) is 5.61. The number of hydrogen-bond donors (Lipinski definition) is 2. The zero-order chi connectivity index (χ0) is 14.5. The van der Waals surface area contributed by atoms with Gasteiger partial charge in [0, 0.05) is 18.7 Å². The largest absolute Gasteiger partial charge is 0.271 e. The number of thioether (sulfide) groups is 1. The van der Waals surface area contributed by atoms with Crippen LogP contribution in [-0.4, -0.2) is 27.3 Å². The summed E-state index contributed by atoms with van der Waals surface area (Å²) in [6.45, 7) is 0. The highest BCUT2D eigenvalue weighted by molar-refractivity contribution is 7.99. The summed E-state index contributed by atoms with van der Waals surface area (Å²) in [5.74, 6) is 9.25. The maximum Gasteiger partial charge on any atom is 0.0640 e. The Hall–Kier alpha value is -0.520. The van der Waals surface area contributed by atoms with Crippen molar-refractivity contribution in [2.24, 2.45) is 11.8 Å². The maximum absolute atomic E-state index is 5.78. The average Bonchev–Trinajstić information content (AvgIpc) is 3.18. The molecule has 0 bridgehead atoms. The molecule has 1 atom stereocenters. The van der Waals surface area contributed by atoms with E-state index in [2.05, 4.69) is 34.1 Å². The second-order valence-corrected chi connectivity index (χ2v) is 7.81. The highest BCUT2D eigenvalue weighted by Crippen LogP contribution is 2.29. The van der Waals surface area contributed by atoms with Crippen LogP contribution in [0.25, 0.3) is 0 Å². The van der Waals surface area contributed by atoms with Crippen LogP contribution >= 0.6 is 11.8 Å². The minimum Gasteiger partial charge on any atom is -0.271 e. The summed E-state index contributed by atoms with van der Waals surface area (Å²) in [6, 6.07) is 3.18. The third-order valence-corrected chi connectivity index (χ3v) is 6.06. The van der Waals surface area contributed by atoms with Crippen LogP contribution in [0.5, 0.6) is 0 Å². The lowest BCUT2D eigenvalue weighted by molar-refractivity contribution is 0.362. The molecule has 0 amide bonds. The van der Waals surface area contributed by atoms with Crippen molar-refractivity contribution in [1.82, 2.24) is 15.2 Å². The van der Waals surface area contributed by atoms with Crippen LogP contribution in [0.3, 0.4) is 0 Å². The number of rotatable bonds is 6. The fraction of sp³-hybridized carbons (Fsp3) is 0.812. The van der Waals surface area contributed by atoms with E-state index in [1.54, 1.807) is 0 Å². The van der Waals surface area contributed by atoms with Gasteiger partial charge in [-0.2, -0.15) is 16.9 Å². The Labute approximate surface area is 132 Å². The lowest BCUT2D eigenvalue weighted by Crippen LogP contribution is -2.39. The van der Waals surface area contributed by atoms with Gasteiger partial charge in [-0.15, -0.1) is 0 Å². The standard InChI is InChI=1S/C16H28N4S/c17-18-15(11-13-6-9-21-10-7-13)12-14-5-8-20(19-14)16-3-1-2-4-16/h5,8,13,15-16,18H,1-4,6-7,9-12,17H2.